The number of amides is 1. The smallest absolute Gasteiger partial charge is 0.236 e. The third-order valence-corrected chi connectivity index (χ3v) is 3.78. The van der Waals surface area contributed by atoms with E-state index in [1.165, 1.54) is 12.0 Å². The Morgan fingerprint density at radius 2 is 2.05 bits per heavy atom. The van der Waals surface area contributed by atoms with E-state index in [0.717, 1.165) is 31.6 Å². The lowest BCUT2D eigenvalue weighted by molar-refractivity contribution is -0.131. The Hall–Kier alpha value is -1.36. The van der Waals surface area contributed by atoms with Crippen molar-refractivity contribution in [3.63, 3.8) is 0 Å². The van der Waals surface area contributed by atoms with Gasteiger partial charge in [-0.2, -0.15) is 5.10 Å². The number of aromatic nitrogens is 2. The van der Waals surface area contributed by atoms with Gasteiger partial charge in [-0.3, -0.25) is 9.48 Å². The molecule has 0 unspecified atom stereocenters. The third-order valence-electron chi connectivity index (χ3n) is 3.78. The zero-order valence-corrected chi connectivity index (χ0v) is 12.9. The van der Waals surface area contributed by atoms with Crippen molar-refractivity contribution in [1.82, 2.24) is 20.0 Å². The summed E-state index contributed by atoms with van der Waals surface area (Å²) in [4.78, 5) is 14.0. The van der Waals surface area contributed by atoms with E-state index in [1.807, 2.05) is 22.8 Å². The molecule has 5 heteroatoms. The maximum atomic E-state index is 12.1. The molecule has 20 heavy (non-hydrogen) atoms. The van der Waals surface area contributed by atoms with Crippen molar-refractivity contribution in [2.45, 2.75) is 45.6 Å². The van der Waals surface area contributed by atoms with Crippen molar-refractivity contribution >= 4 is 5.91 Å². The van der Waals surface area contributed by atoms with E-state index >= 15 is 0 Å². The van der Waals surface area contributed by atoms with E-state index in [1.54, 1.807) is 0 Å². The molecule has 1 aliphatic heterocycles. The molecule has 0 aromatic carbocycles. The molecule has 1 N–H and O–H groups in total. The standard InChI is InChI=1S/C15H26N4O/c1-12(2)15-13(11-18(3)17-15)9-16-10-14(20)19-7-5-4-6-8-19/h11-12,16H,4-10H2,1-3H3. The minimum absolute atomic E-state index is 0.222. The van der Waals surface area contributed by atoms with Crippen LogP contribution in [0, 0.1) is 0 Å². The fraction of sp³-hybridized carbons (Fsp3) is 0.733. The zero-order chi connectivity index (χ0) is 14.5. The molecule has 0 atom stereocenters. The SMILES string of the molecule is CC(C)c1nn(C)cc1CNCC(=O)N1CCCCC1. The van der Waals surface area contributed by atoms with E-state index < -0.39 is 0 Å². The molecule has 0 aliphatic carbocycles. The predicted molar refractivity (Wildman–Crippen MR) is 79.4 cm³/mol. The van der Waals surface area contributed by atoms with Crippen LogP contribution in [0.3, 0.4) is 0 Å². The van der Waals surface area contributed by atoms with E-state index in [0.29, 0.717) is 19.0 Å². The van der Waals surface area contributed by atoms with Crippen molar-refractivity contribution in [3.05, 3.63) is 17.5 Å². The third kappa shape index (κ3) is 3.82. The van der Waals surface area contributed by atoms with Crippen molar-refractivity contribution in [3.8, 4) is 0 Å². The van der Waals surface area contributed by atoms with Crippen LogP contribution in [0.4, 0.5) is 0 Å². The van der Waals surface area contributed by atoms with Crippen LogP contribution in [0.2, 0.25) is 0 Å². The normalized spacial score (nSPS) is 15.9. The van der Waals surface area contributed by atoms with Crippen LogP contribution < -0.4 is 5.32 Å². The average Bonchev–Trinajstić information content (AvgIpc) is 2.81. The number of rotatable bonds is 5. The molecule has 1 aliphatic rings. The lowest BCUT2D eigenvalue weighted by Gasteiger charge is -2.26. The largest absolute Gasteiger partial charge is 0.342 e. The molecule has 1 aromatic rings. The molecule has 1 aromatic heterocycles. The molecule has 1 amide bonds. The molecular formula is C15H26N4O. The summed E-state index contributed by atoms with van der Waals surface area (Å²) in [6.07, 6.45) is 5.58. The van der Waals surface area contributed by atoms with Gasteiger partial charge in [-0.25, -0.2) is 0 Å². The van der Waals surface area contributed by atoms with Crippen LogP contribution in [-0.2, 0) is 18.4 Å². The van der Waals surface area contributed by atoms with Crippen molar-refractivity contribution in [2.75, 3.05) is 19.6 Å². The van der Waals surface area contributed by atoms with Gasteiger partial charge in [0.05, 0.1) is 12.2 Å². The lowest BCUT2D eigenvalue weighted by Crippen LogP contribution is -2.41. The first kappa shape index (κ1) is 15.0. The summed E-state index contributed by atoms with van der Waals surface area (Å²) >= 11 is 0. The first-order valence-corrected chi connectivity index (χ1v) is 7.59. The molecule has 0 radical (unpaired) electrons. The van der Waals surface area contributed by atoms with Crippen LogP contribution in [0.25, 0.3) is 0 Å². The van der Waals surface area contributed by atoms with Crippen LogP contribution in [0.5, 0.6) is 0 Å². The van der Waals surface area contributed by atoms with Crippen molar-refractivity contribution in [2.24, 2.45) is 7.05 Å². The summed E-state index contributed by atoms with van der Waals surface area (Å²) in [7, 11) is 1.94. The van der Waals surface area contributed by atoms with E-state index in [9.17, 15) is 4.79 Å². The van der Waals surface area contributed by atoms with Gasteiger partial charge in [0.1, 0.15) is 0 Å². The molecule has 1 saturated heterocycles. The summed E-state index contributed by atoms with van der Waals surface area (Å²) in [5.41, 5.74) is 2.30. The number of carbonyl (C=O) groups excluding carboxylic acids is 1. The topological polar surface area (TPSA) is 50.2 Å². The van der Waals surface area contributed by atoms with Gasteiger partial charge >= 0.3 is 0 Å². The monoisotopic (exact) mass is 278 g/mol. The molecule has 0 saturated carbocycles. The van der Waals surface area contributed by atoms with Gasteiger partial charge in [-0.05, 0) is 25.2 Å². The van der Waals surface area contributed by atoms with Gasteiger partial charge in [0.25, 0.3) is 0 Å². The number of aryl methyl sites for hydroxylation is 1. The minimum atomic E-state index is 0.222. The Bertz CT molecular complexity index is 447. The molecule has 0 bridgehead atoms. The van der Waals surface area contributed by atoms with Crippen LogP contribution >= 0.6 is 0 Å². The van der Waals surface area contributed by atoms with E-state index in [4.69, 9.17) is 0 Å². The molecule has 5 nitrogen and oxygen atoms in total. The van der Waals surface area contributed by atoms with Crippen LogP contribution in [-0.4, -0.2) is 40.2 Å². The van der Waals surface area contributed by atoms with Crippen molar-refractivity contribution < 1.29 is 4.79 Å². The zero-order valence-electron chi connectivity index (χ0n) is 12.9. The quantitative estimate of drug-likeness (QED) is 0.891. The molecule has 2 heterocycles. The van der Waals surface area contributed by atoms with Gasteiger partial charge in [0.15, 0.2) is 0 Å². The summed E-state index contributed by atoms with van der Waals surface area (Å²) in [6.45, 7) is 7.26. The maximum absolute atomic E-state index is 12.1. The molecule has 0 spiro atoms. The predicted octanol–water partition coefficient (Wildman–Crippen LogP) is 1.65. The number of piperidine rings is 1. The summed E-state index contributed by atoms with van der Waals surface area (Å²) < 4.78 is 1.85. The number of nitrogens with one attached hydrogen (secondary N) is 1. The van der Waals surface area contributed by atoms with Gasteiger partial charge in [-0.1, -0.05) is 13.8 Å². The van der Waals surface area contributed by atoms with Crippen LogP contribution in [0.15, 0.2) is 6.20 Å². The Labute approximate surface area is 121 Å². The molecule has 2 rings (SSSR count). The fourth-order valence-electron chi connectivity index (χ4n) is 2.74. The average molecular weight is 278 g/mol. The number of nitrogens with zero attached hydrogens (tertiary/aromatic N) is 3. The van der Waals surface area contributed by atoms with Crippen molar-refractivity contribution in [1.29, 1.82) is 0 Å². The summed E-state index contributed by atoms with van der Waals surface area (Å²) in [5, 5.41) is 7.74. The van der Waals surface area contributed by atoms with E-state index in [2.05, 4.69) is 24.3 Å². The highest BCUT2D eigenvalue weighted by Crippen LogP contribution is 2.16. The van der Waals surface area contributed by atoms with Crippen LogP contribution in [0.1, 0.15) is 50.3 Å². The second kappa shape index (κ2) is 6.88. The fourth-order valence-corrected chi connectivity index (χ4v) is 2.74. The number of hydrogen-bond acceptors (Lipinski definition) is 3. The van der Waals surface area contributed by atoms with Gasteiger partial charge in [-0.15, -0.1) is 0 Å². The van der Waals surface area contributed by atoms with Gasteiger partial charge < -0.3 is 10.2 Å². The Morgan fingerprint density at radius 1 is 1.35 bits per heavy atom. The number of likely N-dealkylation sites (tertiary alicyclic amines) is 1. The minimum Gasteiger partial charge on any atom is -0.342 e. The highest BCUT2D eigenvalue weighted by Gasteiger charge is 2.16. The summed E-state index contributed by atoms with van der Waals surface area (Å²) in [5.74, 6) is 0.630. The first-order chi connectivity index (χ1) is 9.58. The maximum Gasteiger partial charge on any atom is 0.236 e. The number of hydrogen-bond donors (Lipinski definition) is 1. The highest BCUT2D eigenvalue weighted by atomic mass is 16.2. The first-order valence-electron chi connectivity index (χ1n) is 7.59. The molecular weight excluding hydrogens is 252 g/mol. The molecule has 112 valence electrons. The second-order valence-corrected chi connectivity index (χ2v) is 5.91. The lowest BCUT2D eigenvalue weighted by atomic mass is 10.1. The Balaban J connectivity index is 1.82. The van der Waals surface area contributed by atoms with Gasteiger partial charge in [0, 0.05) is 38.4 Å². The van der Waals surface area contributed by atoms with Gasteiger partial charge in [0.2, 0.25) is 5.91 Å². The Kier molecular flexibility index (Phi) is 5.17. The number of carbonyl (C=O) groups is 1. The van der Waals surface area contributed by atoms with E-state index in [-0.39, 0.29) is 5.91 Å². The summed E-state index contributed by atoms with van der Waals surface area (Å²) in [6, 6.07) is 0. The second-order valence-electron chi connectivity index (χ2n) is 5.91. The Morgan fingerprint density at radius 3 is 2.70 bits per heavy atom. The molecule has 1 fully saturated rings. The highest BCUT2D eigenvalue weighted by molar-refractivity contribution is 5.78.